The van der Waals surface area contributed by atoms with Crippen LogP contribution in [0.15, 0.2) is 24.3 Å². The topological polar surface area (TPSA) is 62.4 Å². The molecule has 5 nitrogen and oxygen atoms in total. The fourth-order valence-electron chi connectivity index (χ4n) is 2.68. The number of carbonyl (C=O) groups is 1. The number of benzene rings is 1. The van der Waals surface area contributed by atoms with E-state index in [2.05, 4.69) is 23.1 Å². The summed E-state index contributed by atoms with van der Waals surface area (Å²) in [5.74, 6) is 0.998. The first-order chi connectivity index (χ1) is 11.0. The van der Waals surface area contributed by atoms with Crippen molar-refractivity contribution in [2.75, 3.05) is 6.61 Å². The molecule has 1 aromatic rings. The standard InChI is InChI=1S/C17H25N3O2S/c1-12-7-9-14(10-8-12)22-11-16(21)19-20-17(23)18-15-6-4-3-5-13(15)2/h7-10,13,15H,3-6,11H2,1-2H3,(H,19,21)(H2,18,20,23)/t13-,15+/m1/s1. The predicted molar refractivity (Wildman–Crippen MR) is 95.1 cm³/mol. The van der Waals surface area contributed by atoms with Gasteiger partial charge >= 0.3 is 0 Å². The molecule has 0 saturated heterocycles. The van der Waals surface area contributed by atoms with Crippen molar-refractivity contribution in [1.29, 1.82) is 0 Å². The van der Waals surface area contributed by atoms with Crippen molar-refractivity contribution in [2.24, 2.45) is 5.92 Å². The molecule has 0 aromatic heterocycles. The highest BCUT2D eigenvalue weighted by atomic mass is 32.1. The predicted octanol–water partition coefficient (Wildman–Crippen LogP) is 2.45. The van der Waals surface area contributed by atoms with E-state index in [1.54, 1.807) is 0 Å². The van der Waals surface area contributed by atoms with E-state index < -0.39 is 0 Å². The Hall–Kier alpha value is -1.82. The quantitative estimate of drug-likeness (QED) is 0.583. The normalized spacial score (nSPS) is 20.4. The molecule has 0 bridgehead atoms. The third-order valence-electron chi connectivity index (χ3n) is 4.13. The average molecular weight is 335 g/mol. The molecule has 0 radical (unpaired) electrons. The summed E-state index contributed by atoms with van der Waals surface area (Å²) in [6.07, 6.45) is 4.85. The Bertz CT molecular complexity index is 533. The van der Waals surface area contributed by atoms with Crippen molar-refractivity contribution < 1.29 is 9.53 Å². The molecule has 1 aliphatic carbocycles. The summed E-state index contributed by atoms with van der Waals surface area (Å²) in [6, 6.07) is 7.94. The second kappa shape index (κ2) is 8.72. The van der Waals surface area contributed by atoms with E-state index in [4.69, 9.17) is 17.0 Å². The molecule has 23 heavy (non-hydrogen) atoms. The van der Waals surface area contributed by atoms with Crippen LogP contribution in [0, 0.1) is 12.8 Å². The third-order valence-corrected chi connectivity index (χ3v) is 4.35. The molecule has 1 aromatic carbocycles. The first-order valence-corrected chi connectivity index (χ1v) is 8.50. The Kier molecular flexibility index (Phi) is 6.65. The van der Waals surface area contributed by atoms with Crippen LogP contribution < -0.4 is 20.9 Å². The molecule has 0 unspecified atom stereocenters. The van der Waals surface area contributed by atoms with Crippen molar-refractivity contribution in [1.82, 2.24) is 16.2 Å². The van der Waals surface area contributed by atoms with Crippen molar-refractivity contribution in [3.63, 3.8) is 0 Å². The van der Waals surface area contributed by atoms with Crippen LogP contribution in [0.2, 0.25) is 0 Å². The van der Waals surface area contributed by atoms with E-state index >= 15 is 0 Å². The fraction of sp³-hybridized carbons (Fsp3) is 0.529. The number of thiocarbonyl (C=S) groups is 1. The summed E-state index contributed by atoms with van der Waals surface area (Å²) < 4.78 is 5.41. The molecule has 0 heterocycles. The van der Waals surface area contributed by atoms with Gasteiger partial charge in [-0.25, -0.2) is 0 Å². The van der Waals surface area contributed by atoms with Crippen LogP contribution in [0.4, 0.5) is 0 Å². The zero-order chi connectivity index (χ0) is 16.7. The van der Waals surface area contributed by atoms with Gasteiger partial charge in [-0.15, -0.1) is 0 Å². The molecule has 1 amide bonds. The number of hydrogen-bond donors (Lipinski definition) is 3. The Morgan fingerprint density at radius 1 is 1.22 bits per heavy atom. The van der Waals surface area contributed by atoms with Crippen LogP contribution in [0.3, 0.4) is 0 Å². The van der Waals surface area contributed by atoms with Gasteiger partial charge < -0.3 is 10.1 Å². The lowest BCUT2D eigenvalue weighted by atomic mass is 9.86. The number of amides is 1. The van der Waals surface area contributed by atoms with Gasteiger partial charge in [0.05, 0.1) is 0 Å². The lowest BCUT2D eigenvalue weighted by Gasteiger charge is -2.30. The Balaban J connectivity index is 1.65. The van der Waals surface area contributed by atoms with Crippen LogP contribution in [-0.2, 0) is 4.79 Å². The summed E-state index contributed by atoms with van der Waals surface area (Å²) >= 11 is 5.22. The van der Waals surface area contributed by atoms with Crippen molar-refractivity contribution in [2.45, 2.75) is 45.6 Å². The molecule has 1 saturated carbocycles. The Labute approximate surface area is 143 Å². The fourth-order valence-corrected chi connectivity index (χ4v) is 2.88. The molecular formula is C17H25N3O2S. The smallest absolute Gasteiger partial charge is 0.276 e. The molecule has 0 aliphatic heterocycles. The second-order valence-electron chi connectivity index (χ2n) is 6.12. The van der Waals surface area contributed by atoms with Crippen molar-refractivity contribution >= 4 is 23.2 Å². The molecule has 1 aliphatic rings. The van der Waals surface area contributed by atoms with Crippen LogP contribution in [0.25, 0.3) is 0 Å². The minimum absolute atomic E-state index is 0.0570. The maximum absolute atomic E-state index is 11.8. The first-order valence-electron chi connectivity index (χ1n) is 8.09. The first kappa shape index (κ1) is 17.5. The SMILES string of the molecule is Cc1ccc(OCC(=O)NNC(=S)N[C@H]2CCCC[C@H]2C)cc1. The van der Waals surface area contributed by atoms with Crippen molar-refractivity contribution in [3.8, 4) is 5.75 Å². The van der Waals surface area contributed by atoms with Crippen LogP contribution in [0.5, 0.6) is 5.75 Å². The largest absolute Gasteiger partial charge is 0.484 e. The molecule has 2 rings (SSSR count). The second-order valence-corrected chi connectivity index (χ2v) is 6.52. The highest BCUT2D eigenvalue weighted by Crippen LogP contribution is 2.23. The van der Waals surface area contributed by atoms with Gasteiger partial charge in [-0.1, -0.05) is 37.5 Å². The highest BCUT2D eigenvalue weighted by Gasteiger charge is 2.21. The number of carbonyl (C=O) groups excluding carboxylic acids is 1. The molecular weight excluding hydrogens is 310 g/mol. The number of hydrogen-bond acceptors (Lipinski definition) is 3. The zero-order valence-electron chi connectivity index (χ0n) is 13.7. The van der Waals surface area contributed by atoms with Crippen LogP contribution in [0.1, 0.15) is 38.2 Å². The van der Waals surface area contributed by atoms with E-state index in [-0.39, 0.29) is 12.5 Å². The summed E-state index contributed by atoms with van der Waals surface area (Å²) in [4.78, 5) is 11.8. The van der Waals surface area contributed by atoms with Gasteiger partial charge in [0.15, 0.2) is 11.7 Å². The average Bonchev–Trinajstić information content (AvgIpc) is 2.54. The van der Waals surface area contributed by atoms with Gasteiger partial charge in [0.2, 0.25) is 0 Å². The number of nitrogens with one attached hydrogen (secondary N) is 3. The number of ether oxygens (including phenoxy) is 1. The van der Waals surface area contributed by atoms with E-state index in [9.17, 15) is 4.79 Å². The monoisotopic (exact) mass is 335 g/mol. The molecule has 3 N–H and O–H groups in total. The third kappa shape index (κ3) is 6.06. The maximum atomic E-state index is 11.8. The van der Waals surface area contributed by atoms with Crippen LogP contribution >= 0.6 is 12.2 Å². The van der Waals surface area contributed by atoms with Gasteiger partial charge in [-0.3, -0.25) is 15.6 Å². The van der Waals surface area contributed by atoms with E-state index in [1.807, 2.05) is 31.2 Å². The molecule has 6 heteroatoms. The van der Waals surface area contributed by atoms with Gasteiger partial charge in [-0.2, -0.15) is 0 Å². The Morgan fingerprint density at radius 3 is 2.61 bits per heavy atom. The van der Waals surface area contributed by atoms with Gasteiger partial charge in [0.25, 0.3) is 5.91 Å². The Morgan fingerprint density at radius 2 is 1.91 bits per heavy atom. The summed E-state index contributed by atoms with van der Waals surface area (Å²) in [6.45, 7) is 4.17. The van der Waals surface area contributed by atoms with E-state index in [0.717, 1.165) is 12.0 Å². The molecule has 0 spiro atoms. The van der Waals surface area contributed by atoms with Crippen molar-refractivity contribution in [3.05, 3.63) is 29.8 Å². The van der Waals surface area contributed by atoms with Crippen LogP contribution in [-0.4, -0.2) is 23.7 Å². The van der Waals surface area contributed by atoms with Gasteiger partial charge in [0, 0.05) is 6.04 Å². The summed E-state index contributed by atoms with van der Waals surface area (Å²) in [5.41, 5.74) is 6.44. The zero-order valence-corrected chi connectivity index (χ0v) is 14.5. The van der Waals surface area contributed by atoms with E-state index in [1.165, 1.54) is 19.3 Å². The summed E-state index contributed by atoms with van der Waals surface area (Å²) in [7, 11) is 0. The molecule has 1 fully saturated rings. The minimum atomic E-state index is -0.272. The van der Waals surface area contributed by atoms with Gasteiger partial charge in [-0.05, 0) is 50.0 Å². The minimum Gasteiger partial charge on any atom is -0.484 e. The number of aryl methyl sites for hydroxylation is 1. The lowest BCUT2D eigenvalue weighted by molar-refractivity contribution is -0.123. The molecule has 126 valence electrons. The lowest BCUT2D eigenvalue weighted by Crippen LogP contribution is -2.52. The number of hydrazine groups is 1. The molecule has 2 atom stereocenters. The number of rotatable bonds is 4. The highest BCUT2D eigenvalue weighted by molar-refractivity contribution is 7.80. The maximum Gasteiger partial charge on any atom is 0.276 e. The van der Waals surface area contributed by atoms with E-state index in [0.29, 0.717) is 22.8 Å². The van der Waals surface area contributed by atoms with Gasteiger partial charge in [0.1, 0.15) is 5.75 Å². The summed E-state index contributed by atoms with van der Waals surface area (Å²) in [5, 5.41) is 3.72.